The number of pyridine rings is 1. The van der Waals surface area contributed by atoms with Gasteiger partial charge in [0, 0.05) is 18.7 Å². The number of hydrogen-bond donors (Lipinski definition) is 2. The zero-order valence-electron chi connectivity index (χ0n) is 10.6. The van der Waals surface area contributed by atoms with Crippen LogP contribution in [0.25, 0.3) is 0 Å². The van der Waals surface area contributed by atoms with Gasteiger partial charge in [0.05, 0.1) is 4.92 Å². The Morgan fingerprint density at radius 1 is 1.56 bits per heavy atom. The van der Waals surface area contributed by atoms with Crippen LogP contribution < -0.4 is 10.6 Å². The van der Waals surface area contributed by atoms with Crippen molar-refractivity contribution in [2.24, 2.45) is 5.92 Å². The molecule has 2 N–H and O–H groups in total. The monoisotopic (exact) mass is 250 g/mol. The Morgan fingerprint density at radius 2 is 2.28 bits per heavy atom. The highest BCUT2D eigenvalue weighted by Crippen LogP contribution is 2.35. The van der Waals surface area contributed by atoms with Crippen molar-refractivity contribution in [1.82, 2.24) is 4.98 Å². The molecule has 2 rings (SSSR count). The van der Waals surface area contributed by atoms with E-state index in [1.165, 1.54) is 18.9 Å². The molecule has 6 nitrogen and oxygen atoms in total. The van der Waals surface area contributed by atoms with Gasteiger partial charge < -0.3 is 10.6 Å². The number of nitro groups is 1. The molecule has 1 aromatic rings. The Labute approximate surface area is 106 Å². The minimum absolute atomic E-state index is 0.0316. The summed E-state index contributed by atoms with van der Waals surface area (Å²) in [6.45, 7) is 4.74. The van der Waals surface area contributed by atoms with E-state index in [1.54, 1.807) is 6.07 Å². The first-order valence-corrected chi connectivity index (χ1v) is 6.27. The van der Waals surface area contributed by atoms with Crippen LogP contribution in [-0.4, -0.2) is 22.5 Å². The lowest BCUT2D eigenvalue weighted by atomic mass is 10.2. The second-order valence-electron chi connectivity index (χ2n) is 4.62. The van der Waals surface area contributed by atoms with Crippen LogP contribution in [0.5, 0.6) is 0 Å². The van der Waals surface area contributed by atoms with Crippen molar-refractivity contribution >= 4 is 17.3 Å². The predicted octanol–water partition coefficient (Wildman–Crippen LogP) is 2.63. The van der Waals surface area contributed by atoms with Crippen LogP contribution >= 0.6 is 0 Å². The molecule has 98 valence electrons. The third kappa shape index (κ3) is 2.88. The molecular weight excluding hydrogens is 232 g/mol. The summed E-state index contributed by atoms with van der Waals surface area (Å²) in [5.41, 5.74) is 0.0316. The van der Waals surface area contributed by atoms with Crippen molar-refractivity contribution in [3.8, 4) is 0 Å². The largest absolute Gasteiger partial charge is 0.370 e. The van der Waals surface area contributed by atoms with E-state index in [1.807, 2.05) is 13.8 Å². The van der Waals surface area contributed by atoms with E-state index in [0.29, 0.717) is 17.6 Å². The lowest BCUT2D eigenvalue weighted by Gasteiger charge is -2.14. The van der Waals surface area contributed by atoms with E-state index in [9.17, 15) is 10.1 Å². The van der Waals surface area contributed by atoms with E-state index in [-0.39, 0.29) is 11.7 Å². The van der Waals surface area contributed by atoms with Crippen molar-refractivity contribution in [1.29, 1.82) is 0 Å². The highest BCUT2D eigenvalue weighted by Gasteiger charge is 2.29. The molecule has 0 saturated heterocycles. The van der Waals surface area contributed by atoms with Crippen LogP contribution in [-0.2, 0) is 0 Å². The molecule has 1 fully saturated rings. The molecule has 1 atom stereocenters. The van der Waals surface area contributed by atoms with Crippen LogP contribution in [0.15, 0.2) is 12.1 Å². The average Bonchev–Trinajstić information content (AvgIpc) is 3.13. The number of aromatic nitrogens is 1. The summed E-state index contributed by atoms with van der Waals surface area (Å²) in [4.78, 5) is 14.8. The van der Waals surface area contributed by atoms with Crippen molar-refractivity contribution in [3.63, 3.8) is 0 Å². The first-order valence-electron chi connectivity index (χ1n) is 6.27. The third-order valence-electron chi connectivity index (χ3n) is 3.12. The van der Waals surface area contributed by atoms with Crippen LogP contribution in [0.2, 0.25) is 0 Å². The van der Waals surface area contributed by atoms with Gasteiger partial charge in [0.2, 0.25) is 5.82 Å². The fourth-order valence-corrected chi connectivity index (χ4v) is 1.91. The first-order chi connectivity index (χ1) is 8.61. The first kappa shape index (κ1) is 12.6. The molecule has 6 heteroatoms. The van der Waals surface area contributed by atoms with Gasteiger partial charge in [-0.25, -0.2) is 4.98 Å². The zero-order chi connectivity index (χ0) is 13.1. The molecule has 0 bridgehead atoms. The molecule has 1 unspecified atom stereocenters. The summed E-state index contributed by atoms with van der Waals surface area (Å²) in [5.74, 6) is 1.64. The Balaban J connectivity index is 2.21. The minimum Gasteiger partial charge on any atom is -0.370 e. The highest BCUT2D eigenvalue weighted by atomic mass is 16.6. The molecule has 1 saturated carbocycles. The topological polar surface area (TPSA) is 80.1 Å². The quantitative estimate of drug-likeness (QED) is 0.599. The maximum atomic E-state index is 11.0. The third-order valence-corrected chi connectivity index (χ3v) is 3.12. The Kier molecular flexibility index (Phi) is 3.64. The lowest BCUT2D eigenvalue weighted by Crippen LogP contribution is -2.19. The second-order valence-corrected chi connectivity index (χ2v) is 4.62. The smallest absolute Gasteiger partial charge is 0.311 e. The van der Waals surface area contributed by atoms with Gasteiger partial charge in [-0.3, -0.25) is 10.1 Å². The van der Waals surface area contributed by atoms with Gasteiger partial charge in [-0.1, -0.05) is 0 Å². The SMILES string of the molecule is CCNc1ccc([N+](=O)[O-])c(NC(C)C2CC2)n1. The zero-order valence-corrected chi connectivity index (χ0v) is 10.6. The number of hydrogen-bond acceptors (Lipinski definition) is 5. The Bertz CT molecular complexity index is 446. The number of rotatable bonds is 6. The van der Waals surface area contributed by atoms with E-state index < -0.39 is 4.92 Å². The van der Waals surface area contributed by atoms with E-state index in [4.69, 9.17) is 0 Å². The molecular formula is C12H18N4O2. The molecule has 0 spiro atoms. The van der Waals surface area contributed by atoms with Gasteiger partial charge in [0.25, 0.3) is 0 Å². The maximum absolute atomic E-state index is 11.0. The molecule has 18 heavy (non-hydrogen) atoms. The number of anilines is 2. The predicted molar refractivity (Wildman–Crippen MR) is 70.9 cm³/mol. The van der Waals surface area contributed by atoms with Gasteiger partial charge in [-0.05, 0) is 38.7 Å². The molecule has 1 heterocycles. The van der Waals surface area contributed by atoms with E-state index in [0.717, 1.165) is 6.54 Å². The normalized spacial score (nSPS) is 16.1. The maximum Gasteiger partial charge on any atom is 0.311 e. The molecule has 0 radical (unpaired) electrons. The summed E-state index contributed by atoms with van der Waals surface area (Å²) < 4.78 is 0. The van der Waals surface area contributed by atoms with Crippen LogP contribution in [0.1, 0.15) is 26.7 Å². The van der Waals surface area contributed by atoms with Gasteiger partial charge in [-0.15, -0.1) is 0 Å². The summed E-state index contributed by atoms with van der Waals surface area (Å²) in [7, 11) is 0. The van der Waals surface area contributed by atoms with Gasteiger partial charge >= 0.3 is 5.69 Å². The number of nitrogens with zero attached hydrogens (tertiary/aromatic N) is 2. The molecule has 0 aromatic carbocycles. The molecule has 0 aliphatic heterocycles. The van der Waals surface area contributed by atoms with Gasteiger partial charge in [-0.2, -0.15) is 0 Å². The summed E-state index contributed by atoms with van der Waals surface area (Å²) in [6, 6.07) is 3.36. The van der Waals surface area contributed by atoms with Gasteiger partial charge in [0.15, 0.2) is 0 Å². The van der Waals surface area contributed by atoms with Crippen molar-refractivity contribution in [2.45, 2.75) is 32.7 Å². The summed E-state index contributed by atoms with van der Waals surface area (Å²) in [6.07, 6.45) is 2.38. The Morgan fingerprint density at radius 3 is 2.83 bits per heavy atom. The van der Waals surface area contributed by atoms with Crippen molar-refractivity contribution in [2.75, 3.05) is 17.2 Å². The Hall–Kier alpha value is -1.85. The van der Waals surface area contributed by atoms with Crippen molar-refractivity contribution in [3.05, 3.63) is 22.2 Å². The fourth-order valence-electron chi connectivity index (χ4n) is 1.91. The standard InChI is InChI=1S/C12H18N4O2/c1-3-13-11-7-6-10(16(17)18)12(15-11)14-8(2)9-4-5-9/h6-9H,3-5H2,1-2H3,(H2,13,14,15). The molecule has 1 aliphatic rings. The van der Waals surface area contributed by atoms with Crippen molar-refractivity contribution < 1.29 is 4.92 Å². The highest BCUT2D eigenvalue weighted by molar-refractivity contribution is 5.60. The van der Waals surface area contributed by atoms with Crippen LogP contribution in [0.3, 0.4) is 0 Å². The fraction of sp³-hybridized carbons (Fsp3) is 0.583. The minimum atomic E-state index is -0.398. The number of nitrogens with one attached hydrogen (secondary N) is 2. The molecule has 1 aromatic heterocycles. The van der Waals surface area contributed by atoms with E-state index >= 15 is 0 Å². The average molecular weight is 250 g/mol. The van der Waals surface area contributed by atoms with E-state index in [2.05, 4.69) is 15.6 Å². The second kappa shape index (κ2) is 5.20. The van der Waals surface area contributed by atoms with Crippen LogP contribution in [0, 0.1) is 16.0 Å². The van der Waals surface area contributed by atoms with Crippen LogP contribution in [0.4, 0.5) is 17.3 Å². The summed E-state index contributed by atoms with van der Waals surface area (Å²) in [5, 5.41) is 17.2. The van der Waals surface area contributed by atoms with Gasteiger partial charge in [0.1, 0.15) is 5.82 Å². The molecule has 0 amide bonds. The molecule has 1 aliphatic carbocycles. The lowest BCUT2D eigenvalue weighted by molar-refractivity contribution is -0.384. The summed E-state index contributed by atoms with van der Waals surface area (Å²) >= 11 is 0.